The Hall–Kier alpha value is -3.75. The standard InChI is InChI=1S/C28H25ClN6OS/c29-23-15-20(8-10-25(23)36-17-21-6-2-3-11-30-21)34-27-22-14-19(7-9-24(22)32-18-33-27)26-16-31-28(37-26)35-12-4-1-5-13-35/h2-3,6-11,14-16,18H,1,4-5,12-13,17H2,(H,32,33,34). The van der Waals surface area contributed by atoms with Crippen LogP contribution in [0, 0.1) is 0 Å². The summed E-state index contributed by atoms with van der Waals surface area (Å²) in [7, 11) is 0. The number of halogens is 1. The molecule has 1 N–H and O–H groups in total. The van der Waals surface area contributed by atoms with E-state index in [-0.39, 0.29) is 0 Å². The van der Waals surface area contributed by atoms with Gasteiger partial charge in [-0.2, -0.15) is 0 Å². The third-order valence-corrected chi connectivity index (χ3v) is 7.74. The first-order valence-corrected chi connectivity index (χ1v) is 13.5. The molecule has 1 aliphatic heterocycles. The van der Waals surface area contributed by atoms with E-state index in [0.29, 0.717) is 23.2 Å². The molecule has 3 aromatic heterocycles. The molecule has 0 aliphatic carbocycles. The molecule has 186 valence electrons. The average molecular weight is 529 g/mol. The Labute approximate surface area is 224 Å². The van der Waals surface area contributed by atoms with E-state index in [2.05, 4.69) is 37.3 Å². The zero-order valence-corrected chi connectivity index (χ0v) is 21.7. The molecule has 7 nitrogen and oxygen atoms in total. The number of piperidine rings is 1. The number of nitrogens with one attached hydrogen (secondary N) is 1. The fourth-order valence-electron chi connectivity index (χ4n) is 4.41. The Morgan fingerprint density at radius 3 is 2.70 bits per heavy atom. The van der Waals surface area contributed by atoms with Crippen LogP contribution in [0.3, 0.4) is 0 Å². The number of aromatic nitrogens is 4. The summed E-state index contributed by atoms with van der Waals surface area (Å²) in [5.74, 6) is 1.31. The van der Waals surface area contributed by atoms with Crippen LogP contribution in [0.1, 0.15) is 25.0 Å². The van der Waals surface area contributed by atoms with Crippen LogP contribution < -0.4 is 15.0 Å². The molecule has 0 atom stereocenters. The van der Waals surface area contributed by atoms with Crippen LogP contribution in [0.4, 0.5) is 16.6 Å². The molecule has 1 aliphatic rings. The lowest BCUT2D eigenvalue weighted by Crippen LogP contribution is -2.29. The van der Waals surface area contributed by atoms with Crippen molar-refractivity contribution in [3.8, 4) is 16.2 Å². The number of benzene rings is 2. The van der Waals surface area contributed by atoms with E-state index in [9.17, 15) is 0 Å². The summed E-state index contributed by atoms with van der Waals surface area (Å²) in [6.45, 7) is 2.52. The zero-order valence-electron chi connectivity index (χ0n) is 20.1. The Kier molecular flexibility index (Phi) is 6.84. The van der Waals surface area contributed by atoms with Crippen molar-refractivity contribution in [1.82, 2.24) is 19.9 Å². The molecule has 4 heterocycles. The maximum atomic E-state index is 6.52. The maximum Gasteiger partial charge on any atom is 0.185 e. The first-order valence-electron chi connectivity index (χ1n) is 12.3. The molecule has 5 aromatic rings. The highest BCUT2D eigenvalue weighted by molar-refractivity contribution is 7.18. The van der Waals surface area contributed by atoms with Crippen molar-refractivity contribution in [2.75, 3.05) is 23.3 Å². The van der Waals surface area contributed by atoms with Gasteiger partial charge < -0.3 is 15.0 Å². The fourth-order valence-corrected chi connectivity index (χ4v) is 5.61. The van der Waals surface area contributed by atoms with Crippen LogP contribution in [0.5, 0.6) is 5.75 Å². The van der Waals surface area contributed by atoms with Crippen molar-refractivity contribution in [1.29, 1.82) is 0 Å². The number of rotatable bonds is 7. The number of thiazole rings is 1. The van der Waals surface area contributed by atoms with Gasteiger partial charge in [0.1, 0.15) is 24.5 Å². The van der Waals surface area contributed by atoms with E-state index in [1.807, 2.05) is 48.7 Å². The quantitative estimate of drug-likeness (QED) is 0.241. The average Bonchev–Trinajstić information content (AvgIpc) is 3.44. The number of hydrogen-bond donors (Lipinski definition) is 1. The molecule has 0 unspecified atom stereocenters. The highest BCUT2D eigenvalue weighted by atomic mass is 35.5. The van der Waals surface area contributed by atoms with Gasteiger partial charge in [0.2, 0.25) is 0 Å². The summed E-state index contributed by atoms with van der Waals surface area (Å²) in [6, 6.07) is 17.6. The topological polar surface area (TPSA) is 76.1 Å². The predicted octanol–water partition coefficient (Wildman–Crippen LogP) is 7.11. The summed E-state index contributed by atoms with van der Waals surface area (Å²) in [6.07, 6.45) is 9.06. The number of nitrogens with zero attached hydrogens (tertiary/aromatic N) is 5. The molecule has 2 aromatic carbocycles. The lowest BCUT2D eigenvalue weighted by molar-refractivity contribution is 0.301. The SMILES string of the molecule is Clc1cc(Nc2ncnc3ccc(-c4cnc(N5CCCCC5)s4)cc23)ccc1OCc1ccccn1. The molecular formula is C28H25ClN6OS. The minimum atomic E-state index is 0.351. The van der Waals surface area contributed by atoms with Gasteiger partial charge in [-0.25, -0.2) is 15.0 Å². The predicted molar refractivity (Wildman–Crippen MR) is 150 cm³/mol. The Balaban J connectivity index is 1.22. The molecule has 1 saturated heterocycles. The lowest BCUT2D eigenvalue weighted by Gasteiger charge is -2.25. The highest BCUT2D eigenvalue weighted by Crippen LogP contribution is 2.36. The Morgan fingerprint density at radius 1 is 0.946 bits per heavy atom. The maximum absolute atomic E-state index is 6.52. The van der Waals surface area contributed by atoms with E-state index >= 15 is 0 Å². The second-order valence-corrected chi connectivity index (χ2v) is 10.3. The molecule has 6 rings (SSSR count). The second-order valence-electron chi connectivity index (χ2n) is 8.89. The van der Waals surface area contributed by atoms with Gasteiger partial charge in [0.05, 0.1) is 21.1 Å². The third kappa shape index (κ3) is 5.35. The van der Waals surface area contributed by atoms with Crippen LogP contribution in [0.2, 0.25) is 5.02 Å². The summed E-state index contributed by atoms with van der Waals surface area (Å²) < 4.78 is 5.85. The Bertz CT molecular complexity index is 1520. The zero-order chi connectivity index (χ0) is 25.0. The minimum Gasteiger partial charge on any atom is -0.486 e. The molecule has 0 radical (unpaired) electrons. The summed E-state index contributed by atoms with van der Waals surface area (Å²) in [5, 5.41) is 5.93. The van der Waals surface area contributed by atoms with Crippen LogP contribution >= 0.6 is 22.9 Å². The Morgan fingerprint density at radius 2 is 1.86 bits per heavy atom. The van der Waals surface area contributed by atoms with Gasteiger partial charge in [-0.3, -0.25) is 4.98 Å². The van der Waals surface area contributed by atoms with Crippen LogP contribution in [0.25, 0.3) is 21.3 Å². The van der Waals surface area contributed by atoms with Gasteiger partial charge in [-0.15, -0.1) is 0 Å². The molecule has 37 heavy (non-hydrogen) atoms. The van der Waals surface area contributed by atoms with E-state index in [1.165, 1.54) is 19.3 Å². The molecule has 0 spiro atoms. The summed E-state index contributed by atoms with van der Waals surface area (Å²) in [5.41, 5.74) is 3.62. The lowest BCUT2D eigenvalue weighted by atomic mass is 10.1. The van der Waals surface area contributed by atoms with Crippen molar-refractivity contribution in [2.24, 2.45) is 0 Å². The van der Waals surface area contributed by atoms with Crippen LogP contribution in [-0.4, -0.2) is 33.0 Å². The van der Waals surface area contributed by atoms with Gasteiger partial charge in [0, 0.05) is 36.6 Å². The van der Waals surface area contributed by atoms with Gasteiger partial charge in [-0.1, -0.05) is 35.1 Å². The monoisotopic (exact) mass is 528 g/mol. The van der Waals surface area contributed by atoms with E-state index < -0.39 is 0 Å². The minimum absolute atomic E-state index is 0.351. The first kappa shape index (κ1) is 23.6. The molecule has 1 fully saturated rings. The smallest absolute Gasteiger partial charge is 0.185 e. The van der Waals surface area contributed by atoms with E-state index in [4.69, 9.17) is 21.3 Å². The largest absolute Gasteiger partial charge is 0.486 e. The van der Waals surface area contributed by atoms with Crippen LogP contribution in [0.15, 0.2) is 73.3 Å². The molecule has 0 bridgehead atoms. The van der Waals surface area contributed by atoms with Gasteiger partial charge in [0.25, 0.3) is 0 Å². The first-order chi connectivity index (χ1) is 18.2. The van der Waals surface area contributed by atoms with Crippen molar-refractivity contribution >= 4 is 50.5 Å². The molecule has 0 saturated carbocycles. The van der Waals surface area contributed by atoms with Gasteiger partial charge in [0.15, 0.2) is 5.13 Å². The van der Waals surface area contributed by atoms with E-state index in [0.717, 1.165) is 50.9 Å². The highest BCUT2D eigenvalue weighted by Gasteiger charge is 2.16. The normalized spacial score (nSPS) is 13.6. The van der Waals surface area contributed by atoms with Crippen LogP contribution in [-0.2, 0) is 6.61 Å². The third-order valence-electron chi connectivity index (χ3n) is 6.34. The van der Waals surface area contributed by atoms with Crippen molar-refractivity contribution < 1.29 is 4.74 Å². The van der Waals surface area contributed by atoms with Gasteiger partial charge >= 0.3 is 0 Å². The van der Waals surface area contributed by atoms with Crippen molar-refractivity contribution in [3.05, 3.63) is 84.0 Å². The van der Waals surface area contributed by atoms with Crippen molar-refractivity contribution in [2.45, 2.75) is 25.9 Å². The molecular weight excluding hydrogens is 504 g/mol. The summed E-state index contributed by atoms with van der Waals surface area (Å²) in [4.78, 5) is 21.5. The second kappa shape index (κ2) is 10.7. The molecule has 0 amide bonds. The van der Waals surface area contributed by atoms with Gasteiger partial charge in [-0.05, 0) is 67.3 Å². The number of hydrogen-bond acceptors (Lipinski definition) is 8. The number of anilines is 3. The molecule has 9 heteroatoms. The van der Waals surface area contributed by atoms with Crippen molar-refractivity contribution in [3.63, 3.8) is 0 Å². The summed E-state index contributed by atoms with van der Waals surface area (Å²) >= 11 is 8.26. The number of ether oxygens (including phenoxy) is 1. The number of pyridine rings is 1. The fraction of sp³-hybridized carbons (Fsp3) is 0.214. The number of fused-ring (bicyclic) bond motifs is 1. The van der Waals surface area contributed by atoms with E-state index in [1.54, 1.807) is 23.9 Å².